The number of nitrogens with one attached hydrogen (secondary N) is 2. The Morgan fingerprint density at radius 1 is 0.839 bits per heavy atom. The van der Waals surface area contributed by atoms with Crippen molar-refractivity contribution in [2.75, 3.05) is 5.32 Å². The summed E-state index contributed by atoms with van der Waals surface area (Å²) in [4.78, 5) is 13.2. The number of carbonyl (C=O) groups excluding carboxylic acids is 1. The Morgan fingerprint density at radius 2 is 1.55 bits per heavy atom. The monoisotopic (exact) mass is 408 g/mol. The van der Waals surface area contributed by atoms with E-state index in [0.717, 1.165) is 35.4 Å². The van der Waals surface area contributed by atoms with Crippen LogP contribution in [-0.2, 0) is 0 Å². The molecule has 3 aromatic rings. The Labute approximate surface area is 181 Å². The molecule has 0 spiro atoms. The minimum Gasteiger partial charge on any atom is -0.455 e. The minimum atomic E-state index is -0.155. The van der Waals surface area contributed by atoms with Crippen molar-refractivity contribution in [3.63, 3.8) is 0 Å². The fraction of sp³-hybridized carbons (Fsp3) is 0.222. The molecule has 2 bridgehead atoms. The lowest BCUT2D eigenvalue weighted by atomic mass is 9.84. The molecule has 0 saturated carbocycles. The van der Waals surface area contributed by atoms with Gasteiger partial charge in [0, 0.05) is 28.9 Å². The zero-order chi connectivity index (χ0) is 20.8. The molecule has 0 radical (unpaired) electrons. The molecule has 0 aromatic heterocycles. The second-order valence-electron chi connectivity index (χ2n) is 8.63. The summed E-state index contributed by atoms with van der Waals surface area (Å²) in [5, 5.41) is 6.74. The molecule has 2 atom stereocenters. The van der Waals surface area contributed by atoms with E-state index in [-0.39, 0.29) is 5.91 Å². The Balaban J connectivity index is 1.47. The second kappa shape index (κ2) is 7.40. The summed E-state index contributed by atoms with van der Waals surface area (Å²) < 4.78 is 6.35. The van der Waals surface area contributed by atoms with E-state index in [4.69, 9.17) is 4.74 Å². The highest BCUT2D eigenvalue weighted by atomic mass is 16.5. The van der Waals surface area contributed by atoms with Crippen LogP contribution in [0, 0.1) is 0 Å². The molecule has 1 amide bonds. The van der Waals surface area contributed by atoms with Crippen LogP contribution in [-0.4, -0.2) is 18.0 Å². The highest BCUT2D eigenvalue weighted by molar-refractivity contribution is 6.08. The molecule has 4 nitrogen and oxygen atoms in total. The predicted octanol–water partition coefficient (Wildman–Crippen LogP) is 5.76. The van der Waals surface area contributed by atoms with Gasteiger partial charge >= 0.3 is 0 Å². The summed E-state index contributed by atoms with van der Waals surface area (Å²) in [5.41, 5.74) is 6.22. The molecule has 2 fully saturated rings. The summed E-state index contributed by atoms with van der Waals surface area (Å²) in [7, 11) is 0. The predicted molar refractivity (Wildman–Crippen MR) is 123 cm³/mol. The first-order valence-corrected chi connectivity index (χ1v) is 11.0. The normalized spacial score (nSPS) is 21.2. The maximum absolute atomic E-state index is 13.2. The van der Waals surface area contributed by atoms with Crippen LogP contribution in [0.2, 0.25) is 0 Å². The number of rotatable bonds is 2. The fourth-order valence-electron chi connectivity index (χ4n) is 5.25. The van der Waals surface area contributed by atoms with E-state index in [2.05, 4.69) is 28.8 Å². The third kappa shape index (κ3) is 3.24. The van der Waals surface area contributed by atoms with Gasteiger partial charge in [-0.3, -0.25) is 4.79 Å². The first-order chi connectivity index (χ1) is 15.3. The molecule has 31 heavy (non-hydrogen) atoms. The van der Waals surface area contributed by atoms with E-state index >= 15 is 0 Å². The van der Waals surface area contributed by atoms with Crippen LogP contribution in [0.5, 0.6) is 11.5 Å². The van der Waals surface area contributed by atoms with Gasteiger partial charge in [-0.2, -0.15) is 0 Å². The number of para-hydroxylation sites is 3. The van der Waals surface area contributed by atoms with Gasteiger partial charge in [-0.05, 0) is 55.5 Å². The van der Waals surface area contributed by atoms with Crippen molar-refractivity contribution in [2.45, 2.75) is 37.8 Å². The third-order valence-electron chi connectivity index (χ3n) is 6.60. The topological polar surface area (TPSA) is 50.4 Å². The Kier molecular flexibility index (Phi) is 4.39. The van der Waals surface area contributed by atoms with Gasteiger partial charge in [0.2, 0.25) is 0 Å². The fourth-order valence-corrected chi connectivity index (χ4v) is 5.25. The van der Waals surface area contributed by atoms with Crippen molar-refractivity contribution in [1.82, 2.24) is 5.32 Å². The standard InChI is InChI=1S/C27H24N2O2/c30-27(29-18-7-2-1-3-8-18)23-11-6-10-22-25(17-15-19-13-14-20(16-17)28-19)21-9-4-5-12-24(21)31-26(22)23/h1-12,19-20,28H,13-16H2,(H,29,30). The zero-order valence-electron chi connectivity index (χ0n) is 17.2. The maximum atomic E-state index is 13.2. The van der Waals surface area contributed by atoms with Crippen molar-refractivity contribution in [1.29, 1.82) is 0 Å². The van der Waals surface area contributed by atoms with Crippen LogP contribution in [0.15, 0.2) is 78.4 Å². The van der Waals surface area contributed by atoms with Crippen LogP contribution in [0.1, 0.15) is 47.2 Å². The number of ether oxygens (including phenoxy) is 1. The van der Waals surface area contributed by atoms with Gasteiger partial charge in [-0.1, -0.05) is 54.1 Å². The lowest BCUT2D eigenvalue weighted by Gasteiger charge is -2.31. The number of hydrogen-bond donors (Lipinski definition) is 2. The molecule has 3 aliphatic rings. The van der Waals surface area contributed by atoms with Gasteiger partial charge in [0.25, 0.3) is 5.91 Å². The van der Waals surface area contributed by atoms with Crippen molar-refractivity contribution < 1.29 is 9.53 Å². The van der Waals surface area contributed by atoms with Crippen molar-refractivity contribution in [3.8, 4) is 11.5 Å². The highest BCUT2D eigenvalue weighted by Gasteiger charge is 2.35. The van der Waals surface area contributed by atoms with Gasteiger partial charge in [0.05, 0.1) is 5.56 Å². The van der Waals surface area contributed by atoms with E-state index in [1.165, 1.54) is 24.0 Å². The van der Waals surface area contributed by atoms with Crippen LogP contribution < -0.4 is 15.4 Å². The quantitative estimate of drug-likeness (QED) is 0.443. The van der Waals surface area contributed by atoms with E-state index in [0.29, 0.717) is 23.4 Å². The molecular formula is C27H24N2O2. The molecule has 2 saturated heterocycles. The molecule has 3 aromatic carbocycles. The average Bonchev–Trinajstić information content (AvgIpc) is 3.15. The number of carbonyl (C=O) groups is 1. The second-order valence-corrected chi connectivity index (χ2v) is 8.63. The van der Waals surface area contributed by atoms with E-state index < -0.39 is 0 Å². The molecule has 3 heterocycles. The zero-order valence-corrected chi connectivity index (χ0v) is 17.2. The number of anilines is 1. The largest absolute Gasteiger partial charge is 0.455 e. The van der Waals surface area contributed by atoms with Crippen LogP contribution >= 0.6 is 0 Å². The van der Waals surface area contributed by atoms with Crippen LogP contribution in [0.25, 0.3) is 5.57 Å². The SMILES string of the molecule is O=C(Nc1ccccc1)c1cccc2c1Oc1ccccc1C2=C1CC2CCC(C1)N2. The lowest BCUT2D eigenvalue weighted by Crippen LogP contribution is -2.35. The molecule has 6 rings (SSSR count). The summed E-state index contributed by atoms with van der Waals surface area (Å²) in [6, 6.07) is 24.8. The molecular weight excluding hydrogens is 384 g/mol. The average molecular weight is 409 g/mol. The van der Waals surface area contributed by atoms with Crippen molar-refractivity contribution in [2.24, 2.45) is 0 Å². The van der Waals surface area contributed by atoms with Gasteiger partial charge in [0.15, 0.2) is 0 Å². The van der Waals surface area contributed by atoms with E-state index in [9.17, 15) is 4.79 Å². The minimum absolute atomic E-state index is 0.155. The first-order valence-electron chi connectivity index (χ1n) is 11.0. The number of fused-ring (bicyclic) bond motifs is 4. The summed E-state index contributed by atoms with van der Waals surface area (Å²) in [6.45, 7) is 0. The Morgan fingerprint density at radius 3 is 2.35 bits per heavy atom. The summed E-state index contributed by atoms with van der Waals surface area (Å²) in [5.74, 6) is 1.32. The molecule has 2 N–H and O–H groups in total. The van der Waals surface area contributed by atoms with Crippen LogP contribution in [0.3, 0.4) is 0 Å². The van der Waals surface area contributed by atoms with Crippen molar-refractivity contribution in [3.05, 3.63) is 95.1 Å². The van der Waals surface area contributed by atoms with E-state index in [1.54, 1.807) is 0 Å². The smallest absolute Gasteiger partial charge is 0.259 e. The molecule has 2 unspecified atom stereocenters. The molecule has 154 valence electrons. The van der Waals surface area contributed by atoms with Gasteiger partial charge in [-0.15, -0.1) is 0 Å². The number of piperidine rings is 1. The Hall–Kier alpha value is -3.37. The summed E-state index contributed by atoms with van der Waals surface area (Å²) >= 11 is 0. The molecule has 4 heteroatoms. The Bertz CT molecular complexity index is 1180. The van der Waals surface area contributed by atoms with Crippen LogP contribution in [0.4, 0.5) is 5.69 Å². The number of benzene rings is 3. The van der Waals surface area contributed by atoms with E-state index in [1.807, 2.05) is 54.6 Å². The third-order valence-corrected chi connectivity index (χ3v) is 6.60. The summed E-state index contributed by atoms with van der Waals surface area (Å²) in [6.07, 6.45) is 4.60. The number of amides is 1. The van der Waals surface area contributed by atoms with Gasteiger partial charge in [0.1, 0.15) is 11.5 Å². The molecule has 3 aliphatic heterocycles. The highest BCUT2D eigenvalue weighted by Crippen LogP contribution is 2.49. The lowest BCUT2D eigenvalue weighted by molar-refractivity contribution is 0.102. The van der Waals surface area contributed by atoms with Gasteiger partial charge in [-0.25, -0.2) is 0 Å². The van der Waals surface area contributed by atoms with Crippen molar-refractivity contribution >= 4 is 17.2 Å². The number of hydrogen-bond acceptors (Lipinski definition) is 3. The molecule has 0 aliphatic carbocycles. The van der Waals surface area contributed by atoms with Gasteiger partial charge < -0.3 is 15.4 Å². The first kappa shape index (κ1) is 18.4. The maximum Gasteiger partial charge on any atom is 0.259 e.